The Bertz CT molecular complexity index is 515. The maximum atomic E-state index is 13.4. The normalized spacial score (nSPS) is 31.1. The van der Waals surface area contributed by atoms with E-state index in [-0.39, 0.29) is 0 Å². The average Bonchev–Trinajstić information content (AvgIpc) is 2.63. The molecule has 134 valence electrons. The van der Waals surface area contributed by atoms with Gasteiger partial charge in [-0.2, -0.15) is 0 Å². The zero-order valence-corrected chi connectivity index (χ0v) is 14.8. The predicted octanol–water partition coefficient (Wildman–Crippen LogP) is 6.08. The highest BCUT2D eigenvalue weighted by Crippen LogP contribution is 2.44. The highest BCUT2D eigenvalue weighted by Gasteiger charge is 2.31. The first kappa shape index (κ1) is 17.8. The molecular formula is C21H30F2O. The van der Waals surface area contributed by atoms with E-state index in [1.165, 1.54) is 57.1 Å². The Kier molecular flexibility index (Phi) is 6.26. The summed E-state index contributed by atoms with van der Waals surface area (Å²) in [5, 5.41) is 0. The first-order valence-electron chi connectivity index (χ1n) is 9.61. The van der Waals surface area contributed by atoms with Gasteiger partial charge in [-0.15, -0.1) is 0 Å². The monoisotopic (exact) mass is 336 g/mol. The van der Waals surface area contributed by atoms with Crippen molar-refractivity contribution < 1.29 is 13.5 Å². The molecule has 2 fully saturated rings. The SMILES string of the molecule is COCCC1CCC(C2CCC(c3ccc(F)c(F)c3)CC2)CC1. The van der Waals surface area contributed by atoms with Crippen LogP contribution in [0.5, 0.6) is 0 Å². The lowest BCUT2D eigenvalue weighted by Crippen LogP contribution is -2.25. The fourth-order valence-electron chi connectivity index (χ4n) is 4.92. The molecular weight excluding hydrogens is 306 g/mol. The van der Waals surface area contributed by atoms with E-state index < -0.39 is 11.6 Å². The highest BCUT2D eigenvalue weighted by atomic mass is 19.2. The van der Waals surface area contributed by atoms with Gasteiger partial charge in [-0.3, -0.25) is 0 Å². The standard InChI is InChI=1S/C21H30F2O/c1-24-13-12-15-2-4-16(5-3-15)17-6-8-18(9-7-17)19-10-11-20(22)21(23)14-19/h10-11,14-18H,2-9,12-13H2,1H3. The average molecular weight is 336 g/mol. The molecule has 1 aromatic carbocycles. The van der Waals surface area contributed by atoms with Gasteiger partial charge in [0.25, 0.3) is 0 Å². The third-order valence-corrected chi connectivity index (χ3v) is 6.48. The molecule has 0 N–H and O–H groups in total. The quantitative estimate of drug-likeness (QED) is 0.633. The number of halogens is 2. The molecule has 1 nitrogen and oxygen atoms in total. The Morgan fingerprint density at radius 3 is 2.08 bits per heavy atom. The summed E-state index contributed by atoms with van der Waals surface area (Å²) >= 11 is 0. The molecule has 2 aliphatic rings. The number of methoxy groups -OCH3 is 1. The maximum Gasteiger partial charge on any atom is 0.159 e. The summed E-state index contributed by atoms with van der Waals surface area (Å²) in [4.78, 5) is 0. The van der Waals surface area contributed by atoms with E-state index in [4.69, 9.17) is 4.74 Å². The second-order valence-corrected chi connectivity index (χ2v) is 7.85. The molecule has 0 radical (unpaired) electrons. The number of hydrogen-bond acceptors (Lipinski definition) is 1. The van der Waals surface area contributed by atoms with Crippen LogP contribution < -0.4 is 0 Å². The Hall–Kier alpha value is -0.960. The van der Waals surface area contributed by atoms with Gasteiger partial charge in [-0.05, 0) is 86.3 Å². The Morgan fingerprint density at radius 1 is 0.875 bits per heavy atom. The van der Waals surface area contributed by atoms with Gasteiger partial charge < -0.3 is 4.74 Å². The minimum atomic E-state index is -0.738. The van der Waals surface area contributed by atoms with E-state index in [0.717, 1.165) is 42.8 Å². The minimum Gasteiger partial charge on any atom is -0.385 e. The van der Waals surface area contributed by atoms with Crippen LogP contribution in [0.25, 0.3) is 0 Å². The number of rotatable bonds is 5. The maximum absolute atomic E-state index is 13.4. The zero-order valence-electron chi connectivity index (χ0n) is 14.8. The molecule has 0 bridgehead atoms. The van der Waals surface area contributed by atoms with Gasteiger partial charge in [0.05, 0.1) is 0 Å². The second-order valence-electron chi connectivity index (χ2n) is 7.85. The number of hydrogen-bond donors (Lipinski definition) is 0. The summed E-state index contributed by atoms with van der Waals surface area (Å²) in [6, 6.07) is 4.45. The van der Waals surface area contributed by atoms with Crippen LogP contribution in [-0.2, 0) is 4.74 Å². The molecule has 3 heteroatoms. The van der Waals surface area contributed by atoms with Crippen molar-refractivity contribution in [3.05, 3.63) is 35.4 Å². The third kappa shape index (κ3) is 4.36. The van der Waals surface area contributed by atoms with Crippen molar-refractivity contribution in [1.82, 2.24) is 0 Å². The van der Waals surface area contributed by atoms with Crippen LogP contribution in [0.2, 0.25) is 0 Å². The molecule has 0 amide bonds. The molecule has 0 aliphatic heterocycles. The largest absolute Gasteiger partial charge is 0.385 e. The lowest BCUT2D eigenvalue weighted by molar-refractivity contribution is 0.129. The molecule has 2 aliphatic carbocycles. The summed E-state index contributed by atoms with van der Waals surface area (Å²) in [7, 11) is 1.79. The van der Waals surface area contributed by atoms with Crippen LogP contribution in [-0.4, -0.2) is 13.7 Å². The van der Waals surface area contributed by atoms with Crippen molar-refractivity contribution in [2.24, 2.45) is 17.8 Å². The molecule has 0 atom stereocenters. The second kappa shape index (κ2) is 8.42. The van der Waals surface area contributed by atoms with Gasteiger partial charge in [0.1, 0.15) is 0 Å². The molecule has 2 saturated carbocycles. The molecule has 0 heterocycles. The van der Waals surface area contributed by atoms with E-state index in [1.54, 1.807) is 13.2 Å². The van der Waals surface area contributed by atoms with Gasteiger partial charge in [-0.25, -0.2) is 8.78 Å². The van der Waals surface area contributed by atoms with Crippen LogP contribution in [0.3, 0.4) is 0 Å². The smallest absolute Gasteiger partial charge is 0.159 e. The van der Waals surface area contributed by atoms with Gasteiger partial charge in [0, 0.05) is 13.7 Å². The first-order chi connectivity index (χ1) is 11.7. The Labute approximate surface area is 144 Å². The van der Waals surface area contributed by atoms with Crippen LogP contribution >= 0.6 is 0 Å². The molecule has 0 aromatic heterocycles. The van der Waals surface area contributed by atoms with Crippen LogP contribution in [0.1, 0.15) is 69.3 Å². The van der Waals surface area contributed by atoms with Crippen molar-refractivity contribution in [3.63, 3.8) is 0 Å². The summed E-state index contributed by atoms with van der Waals surface area (Å²) in [5.41, 5.74) is 0.982. The summed E-state index contributed by atoms with van der Waals surface area (Å²) in [5.74, 6) is 1.56. The molecule has 0 spiro atoms. The van der Waals surface area contributed by atoms with Crippen molar-refractivity contribution in [3.8, 4) is 0 Å². The van der Waals surface area contributed by atoms with Gasteiger partial charge >= 0.3 is 0 Å². The van der Waals surface area contributed by atoms with Gasteiger partial charge in [-0.1, -0.05) is 18.9 Å². The minimum absolute atomic E-state index is 0.411. The first-order valence-corrected chi connectivity index (χ1v) is 9.61. The van der Waals surface area contributed by atoms with E-state index in [2.05, 4.69) is 0 Å². The number of benzene rings is 1. The third-order valence-electron chi connectivity index (χ3n) is 6.48. The Morgan fingerprint density at radius 2 is 1.50 bits per heavy atom. The predicted molar refractivity (Wildman–Crippen MR) is 93.0 cm³/mol. The molecule has 0 saturated heterocycles. The van der Waals surface area contributed by atoms with Gasteiger partial charge in [0.15, 0.2) is 11.6 Å². The van der Waals surface area contributed by atoms with Crippen molar-refractivity contribution in [2.75, 3.05) is 13.7 Å². The van der Waals surface area contributed by atoms with Crippen LogP contribution in [0.4, 0.5) is 8.78 Å². The molecule has 3 rings (SSSR count). The summed E-state index contributed by atoms with van der Waals surface area (Å²) in [6.45, 7) is 0.897. The molecule has 0 unspecified atom stereocenters. The van der Waals surface area contributed by atoms with E-state index in [1.807, 2.05) is 0 Å². The van der Waals surface area contributed by atoms with Crippen molar-refractivity contribution >= 4 is 0 Å². The topological polar surface area (TPSA) is 9.23 Å². The molecule has 24 heavy (non-hydrogen) atoms. The van der Waals surface area contributed by atoms with E-state index in [0.29, 0.717) is 5.92 Å². The van der Waals surface area contributed by atoms with Crippen LogP contribution in [0, 0.1) is 29.4 Å². The fourth-order valence-corrected chi connectivity index (χ4v) is 4.92. The Balaban J connectivity index is 1.46. The fraction of sp³-hybridized carbons (Fsp3) is 0.714. The highest BCUT2D eigenvalue weighted by molar-refractivity contribution is 5.22. The van der Waals surface area contributed by atoms with Crippen molar-refractivity contribution in [1.29, 1.82) is 0 Å². The summed E-state index contributed by atoms with van der Waals surface area (Å²) in [6.07, 6.45) is 11.4. The van der Waals surface area contributed by atoms with E-state index >= 15 is 0 Å². The van der Waals surface area contributed by atoms with Gasteiger partial charge in [0.2, 0.25) is 0 Å². The molecule has 1 aromatic rings. The van der Waals surface area contributed by atoms with Crippen LogP contribution in [0.15, 0.2) is 18.2 Å². The van der Waals surface area contributed by atoms with Crippen molar-refractivity contribution in [2.45, 2.75) is 63.7 Å². The number of ether oxygens (including phenoxy) is 1. The lowest BCUT2D eigenvalue weighted by atomic mass is 9.68. The zero-order chi connectivity index (χ0) is 16.9. The lowest BCUT2D eigenvalue weighted by Gasteiger charge is -2.38. The van der Waals surface area contributed by atoms with E-state index in [9.17, 15) is 8.78 Å². The summed E-state index contributed by atoms with van der Waals surface area (Å²) < 4.78 is 31.7.